The number of halogens is 2. The number of nitrogens with one attached hydrogen (secondary N) is 1. The van der Waals surface area contributed by atoms with E-state index in [-0.39, 0.29) is 11.9 Å². The third-order valence-electron chi connectivity index (χ3n) is 3.72. The zero-order valence-corrected chi connectivity index (χ0v) is 12.4. The molecule has 1 aliphatic rings. The van der Waals surface area contributed by atoms with Gasteiger partial charge in [-0.15, -0.1) is 0 Å². The van der Waals surface area contributed by atoms with E-state index in [4.69, 9.17) is 28.9 Å². The van der Waals surface area contributed by atoms with Gasteiger partial charge in [0, 0.05) is 10.0 Å². The third kappa shape index (κ3) is 3.22. The van der Waals surface area contributed by atoms with Crippen LogP contribution in [0.4, 0.5) is 0 Å². The van der Waals surface area contributed by atoms with Crippen LogP contribution in [0.15, 0.2) is 18.2 Å². The van der Waals surface area contributed by atoms with E-state index in [2.05, 4.69) is 5.32 Å². The second-order valence-corrected chi connectivity index (χ2v) is 6.07. The molecule has 1 aromatic rings. The second kappa shape index (κ2) is 5.70. The molecule has 3 N–H and O–H groups in total. The highest BCUT2D eigenvalue weighted by molar-refractivity contribution is 6.35. The highest BCUT2D eigenvalue weighted by atomic mass is 35.5. The highest BCUT2D eigenvalue weighted by Gasteiger charge is 2.37. The molecule has 3 nitrogen and oxygen atoms in total. The van der Waals surface area contributed by atoms with Gasteiger partial charge in [0.2, 0.25) is 5.91 Å². The fraction of sp³-hybridized carbons (Fsp3) is 0.500. The van der Waals surface area contributed by atoms with Gasteiger partial charge in [-0.1, -0.05) is 42.1 Å². The van der Waals surface area contributed by atoms with Crippen molar-refractivity contribution in [2.75, 3.05) is 0 Å². The number of benzene rings is 1. The zero-order valence-electron chi connectivity index (χ0n) is 10.9. The largest absolute Gasteiger partial charge is 0.348 e. The van der Waals surface area contributed by atoms with Gasteiger partial charge >= 0.3 is 0 Å². The first-order chi connectivity index (χ1) is 8.92. The van der Waals surface area contributed by atoms with Gasteiger partial charge in [-0.3, -0.25) is 4.79 Å². The lowest BCUT2D eigenvalue weighted by Gasteiger charge is -2.25. The van der Waals surface area contributed by atoms with Crippen LogP contribution in [-0.4, -0.2) is 11.4 Å². The van der Waals surface area contributed by atoms with Crippen molar-refractivity contribution in [3.05, 3.63) is 33.8 Å². The van der Waals surface area contributed by atoms with E-state index in [1.807, 2.05) is 13.0 Å². The Kier molecular flexibility index (Phi) is 4.39. The number of amides is 1. The van der Waals surface area contributed by atoms with Gasteiger partial charge in [-0.05, 0) is 37.5 Å². The molecule has 0 aliphatic heterocycles. The normalized spacial score (nSPS) is 19.2. The average molecular weight is 301 g/mol. The van der Waals surface area contributed by atoms with Crippen LogP contribution in [0.2, 0.25) is 10.0 Å². The minimum Gasteiger partial charge on any atom is -0.348 e. The first-order valence-corrected chi connectivity index (χ1v) is 7.23. The van der Waals surface area contributed by atoms with Gasteiger partial charge in [0.15, 0.2) is 0 Å². The number of carbonyl (C=O) groups is 1. The summed E-state index contributed by atoms with van der Waals surface area (Å²) >= 11 is 12.0. The Balaban J connectivity index is 2.08. The number of carbonyl (C=O) groups excluding carboxylic acids is 1. The van der Waals surface area contributed by atoms with Crippen LogP contribution in [-0.2, 0) is 4.79 Å². The lowest BCUT2D eigenvalue weighted by molar-refractivity contribution is -0.126. The molecule has 19 heavy (non-hydrogen) atoms. The maximum atomic E-state index is 12.2. The van der Waals surface area contributed by atoms with Crippen molar-refractivity contribution < 1.29 is 4.79 Å². The summed E-state index contributed by atoms with van der Waals surface area (Å²) in [6.07, 6.45) is 3.53. The number of nitrogens with two attached hydrogens (primary N) is 1. The molecule has 0 saturated heterocycles. The molecule has 1 fully saturated rings. The van der Waals surface area contributed by atoms with Crippen LogP contribution in [0.25, 0.3) is 0 Å². The second-order valence-electron chi connectivity index (χ2n) is 5.22. The summed E-state index contributed by atoms with van der Waals surface area (Å²) in [7, 11) is 0. The van der Waals surface area contributed by atoms with Crippen LogP contribution in [0.5, 0.6) is 0 Å². The van der Waals surface area contributed by atoms with Crippen molar-refractivity contribution >= 4 is 29.1 Å². The molecule has 0 aromatic heterocycles. The Morgan fingerprint density at radius 2 is 2.00 bits per heavy atom. The van der Waals surface area contributed by atoms with Crippen LogP contribution in [0, 0.1) is 0 Å². The molecule has 5 heteroatoms. The molecule has 1 aliphatic carbocycles. The summed E-state index contributed by atoms with van der Waals surface area (Å²) in [5.74, 6) is -0.0940. The van der Waals surface area contributed by atoms with E-state index in [9.17, 15) is 4.79 Å². The monoisotopic (exact) mass is 300 g/mol. The smallest absolute Gasteiger partial charge is 0.240 e. The predicted octanol–water partition coefficient (Wildman–Crippen LogP) is 3.44. The van der Waals surface area contributed by atoms with Gasteiger partial charge in [0.05, 0.1) is 11.6 Å². The van der Waals surface area contributed by atoms with Crippen LogP contribution >= 0.6 is 23.2 Å². The van der Waals surface area contributed by atoms with Crippen molar-refractivity contribution in [1.82, 2.24) is 5.32 Å². The number of rotatable bonds is 3. The van der Waals surface area contributed by atoms with E-state index < -0.39 is 5.54 Å². The first kappa shape index (κ1) is 14.6. The quantitative estimate of drug-likeness (QED) is 0.898. The average Bonchev–Trinajstić information content (AvgIpc) is 2.77. The first-order valence-electron chi connectivity index (χ1n) is 6.47. The van der Waals surface area contributed by atoms with E-state index in [1.54, 1.807) is 12.1 Å². The number of hydrogen-bond donors (Lipinski definition) is 2. The van der Waals surface area contributed by atoms with Crippen molar-refractivity contribution in [3.63, 3.8) is 0 Å². The standard InChI is InChI=1S/C14H18Cl2N2O/c1-9(11-5-4-10(15)8-12(11)16)18-13(19)14(17)6-2-3-7-14/h4-5,8-9H,2-3,6-7,17H2,1H3,(H,18,19). The molecular weight excluding hydrogens is 283 g/mol. The van der Waals surface area contributed by atoms with E-state index >= 15 is 0 Å². The highest BCUT2D eigenvalue weighted by Crippen LogP contribution is 2.30. The van der Waals surface area contributed by atoms with Gasteiger partial charge < -0.3 is 11.1 Å². The predicted molar refractivity (Wildman–Crippen MR) is 78.4 cm³/mol. The summed E-state index contributed by atoms with van der Waals surface area (Å²) in [4.78, 5) is 12.2. The topological polar surface area (TPSA) is 55.1 Å². The van der Waals surface area contributed by atoms with Gasteiger partial charge in [0.25, 0.3) is 0 Å². The fourth-order valence-corrected chi connectivity index (χ4v) is 3.08. The molecular formula is C14H18Cl2N2O. The van der Waals surface area contributed by atoms with E-state index in [0.29, 0.717) is 10.0 Å². The molecule has 0 spiro atoms. The Bertz CT molecular complexity index is 484. The molecule has 1 aromatic carbocycles. The Morgan fingerprint density at radius 3 is 2.58 bits per heavy atom. The third-order valence-corrected chi connectivity index (χ3v) is 4.29. The summed E-state index contributed by atoms with van der Waals surface area (Å²) in [5.41, 5.74) is 6.26. The lowest BCUT2D eigenvalue weighted by Crippen LogP contribution is -2.52. The molecule has 1 atom stereocenters. The molecule has 0 heterocycles. The maximum absolute atomic E-state index is 12.2. The molecule has 1 unspecified atom stereocenters. The summed E-state index contributed by atoms with van der Waals surface area (Å²) in [6, 6.07) is 5.08. The molecule has 1 saturated carbocycles. The van der Waals surface area contributed by atoms with Gasteiger partial charge in [0.1, 0.15) is 0 Å². The van der Waals surface area contributed by atoms with Crippen LogP contribution < -0.4 is 11.1 Å². The Morgan fingerprint density at radius 1 is 1.37 bits per heavy atom. The van der Waals surface area contributed by atoms with Crippen LogP contribution in [0.1, 0.15) is 44.2 Å². The lowest BCUT2D eigenvalue weighted by atomic mass is 9.97. The SMILES string of the molecule is CC(NC(=O)C1(N)CCCC1)c1ccc(Cl)cc1Cl. The number of hydrogen-bond acceptors (Lipinski definition) is 2. The van der Waals surface area contributed by atoms with Gasteiger partial charge in [-0.2, -0.15) is 0 Å². The summed E-state index contributed by atoms with van der Waals surface area (Å²) < 4.78 is 0. The molecule has 0 radical (unpaired) electrons. The van der Waals surface area contributed by atoms with Crippen molar-refractivity contribution in [3.8, 4) is 0 Å². The summed E-state index contributed by atoms with van der Waals surface area (Å²) in [5, 5.41) is 4.08. The zero-order chi connectivity index (χ0) is 14.0. The minimum absolute atomic E-state index is 0.0940. The fourth-order valence-electron chi connectivity index (χ4n) is 2.50. The van der Waals surface area contributed by atoms with Crippen molar-refractivity contribution in [2.24, 2.45) is 5.73 Å². The maximum Gasteiger partial charge on any atom is 0.240 e. The summed E-state index contributed by atoms with van der Waals surface area (Å²) in [6.45, 7) is 1.89. The Labute approximate surface area is 123 Å². The minimum atomic E-state index is -0.715. The van der Waals surface area contributed by atoms with Gasteiger partial charge in [-0.25, -0.2) is 0 Å². The van der Waals surface area contributed by atoms with E-state index in [0.717, 1.165) is 31.2 Å². The molecule has 104 valence electrons. The molecule has 0 bridgehead atoms. The van der Waals surface area contributed by atoms with Crippen molar-refractivity contribution in [1.29, 1.82) is 0 Å². The van der Waals surface area contributed by atoms with Crippen molar-refractivity contribution in [2.45, 2.75) is 44.2 Å². The molecule has 1 amide bonds. The van der Waals surface area contributed by atoms with E-state index in [1.165, 1.54) is 0 Å². The Hall–Kier alpha value is -0.770. The molecule has 2 rings (SSSR count). The van der Waals surface area contributed by atoms with Crippen LogP contribution in [0.3, 0.4) is 0 Å².